The highest BCUT2D eigenvalue weighted by molar-refractivity contribution is 6.25. The SMILES string of the molecule is CN(C(=O)CCCCCCCNc1cccc2c1C(=O)N(C1CCC(=O)NC1=O)C2=O)C1CCCC1. The van der Waals surface area contributed by atoms with Gasteiger partial charge in [-0.2, -0.15) is 0 Å². The Morgan fingerprint density at radius 3 is 2.47 bits per heavy atom. The monoisotopic (exact) mass is 496 g/mol. The summed E-state index contributed by atoms with van der Waals surface area (Å²) in [5, 5.41) is 5.49. The standard InChI is InChI=1S/C27H36N4O5/c1-30(18-10-6-7-11-18)23(33)14-5-3-2-4-8-17-28-20-13-9-12-19-24(20)27(36)31(26(19)35)21-15-16-22(32)29-25(21)34/h9,12-13,18,21,28H,2-8,10-11,14-17H2,1H3,(H,29,32,34). The highest BCUT2D eigenvalue weighted by atomic mass is 16.2. The van der Waals surface area contributed by atoms with Gasteiger partial charge in [0.15, 0.2) is 0 Å². The van der Waals surface area contributed by atoms with E-state index in [1.165, 1.54) is 12.8 Å². The van der Waals surface area contributed by atoms with Gasteiger partial charge in [-0.15, -0.1) is 0 Å². The lowest BCUT2D eigenvalue weighted by Gasteiger charge is -2.27. The molecule has 9 nitrogen and oxygen atoms in total. The van der Waals surface area contributed by atoms with E-state index in [2.05, 4.69) is 10.6 Å². The Balaban J connectivity index is 1.20. The number of hydrogen-bond donors (Lipinski definition) is 2. The lowest BCUT2D eigenvalue weighted by molar-refractivity contribution is -0.136. The molecule has 2 aliphatic heterocycles. The van der Waals surface area contributed by atoms with Crippen molar-refractivity contribution >= 4 is 35.2 Å². The Morgan fingerprint density at radius 1 is 1.00 bits per heavy atom. The fraction of sp³-hybridized carbons (Fsp3) is 0.593. The number of benzene rings is 1. The van der Waals surface area contributed by atoms with Crippen molar-refractivity contribution in [1.29, 1.82) is 0 Å². The van der Waals surface area contributed by atoms with Gasteiger partial charge in [0.25, 0.3) is 11.8 Å². The van der Waals surface area contributed by atoms with Crippen LogP contribution in [0.5, 0.6) is 0 Å². The quantitative estimate of drug-likeness (QED) is 0.359. The number of hydrogen-bond acceptors (Lipinski definition) is 6. The maximum atomic E-state index is 13.1. The molecule has 1 aromatic carbocycles. The number of unbranched alkanes of at least 4 members (excludes halogenated alkanes) is 4. The smallest absolute Gasteiger partial charge is 0.264 e. The van der Waals surface area contributed by atoms with E-state index >= 15 is 0 Å². The van der Waals surface area contributed by atoms with Crippen LogP contribution in [0.2, 0.25) is 0 Å². The molecule has 9 heteroatoms. The zero-order valence-electron chi connectivity index (χ0n) is 21.0. The first-order chi connectivity index (χ1) is 17.4. The van der Waals surface area contributed by atoms with E-state index in [4.69, 9.17) is 0 Å². The molecule has 1 aromatic rings. The van der Waals surface area contributed by atoms with Gasteiger partial charge in [-0.1, -0.05) is 38.2 Å². The van der Waals surface area contributed by atoms with Crippen molar-refractivity contribution in [2.75, 3.05) is 18.9 Å². The van der Waals surface area contributed by atoms with Crippen molar-refractivity contribution in [3.05, 3.63) is 29.3 Å². The number of carbonyl (C=O) groups excluding carboxylic acids is 5. The van der Waals surface area contributed by atoms with Crippen LogP contribution in [0.1, 0.15) is 97.8 Å². The third-order valence-electron chi connectivity index (χ3n) is 7.62. The number of nitrogens with zero attached hydrogens (tertiary/aromatic N) is 2. The molecule has 1 unspecified atom stereocenters. The van der Waals surface area contributed by atoms with Crippen LogP contribution >= 0.6 is 0 Å². The average molecular weight is 497 g/mol. The molecule has 1 atom stereocenters. The third kappa shape index (κ3) is 5.60. The Morgan fingerprint density at radius 2 is 1.72 bits per heavy atom. The van der Waals surface area contributed by atoms with E-state index in [0.717, 1.165) is 49.8 Å². The van der Waals surface area contributed by atoms with Crippen molar-refractivity contribution in [3.8, 4) is 0 Å². The number of piperidine rings is 1. The maximum Gasteiger partial charge on any atom is 0.264 e. The Bertz CT molecular complexity index is 1030. The molecular weight excluding hydrogens is 460 g/mol. The van der Waals surface area contributed by atoms with Crippen LogP contribution in [0, 0.1) is 0 Å². The first kappa shape index (κ1) is 25.9. The fourth-order valence-corrected chi connectivity index (χ4v) is 5.49. The lowest BCUT2D eigenvalue weighted by Crippen LogP contribution is -2.54. The minimum absolute atomic E-state index is 0.0975. The molecule has 4 rings (SSSR count). The van der Waals surface area contributed by atoms with E-state index in [1.807, 2.05) is 11.9 Å². The van der Waals surface area contributed by atoms with Crippen molar-refractivity contribution in [2.24, 2.45) is 0 Å². The molecule has 2 heterocycles. The average Bonchev–Trinajstić information content (AvgIpc) is 3.48. The number of rotatable bonds is 11. The molecule has 194 valence electrons. The molecule has 0 radical (unpaired) electrons. The van der Waals surface area contributed by atoms with E-state index in [0.29, 0.717) is 24.7 Å². The van der Waals surface area contributed by atoms with Crippen LogP contribution in [-0.4, -0.2) is 65.0 Å². The van der Waals surface area contributed by atoms with Crippen molar-refractivity contribution in [3.63, 3.8) is 0 Å². The summed E-state index contributed by atoms with van der Waals surface area (Å²) >= 11 is 0. The number of fused-ring (bicyclic) bond motifs is 1. The molecule has 0 aromatic heterocycles. The predicted molar refractivity (Wildman–Crippen MR) is 134 cm³/mol. The Labute approximate surface area is 212 Å². The van der Waals surface area contributed by atoms with E-state index in [9.17, 15) is 24.0 Å². The van der Waals surface area contributed by atoms with E-state index in [1.54, 1.807) is 18.2 Å². The molecular formula is C27H36N4O5. The summed E-state index contributed by atoms with van der Waals surface area (Å²) in [6, 6.07) is 4.55. The summed E-state index contributed by atoms with van der Waals surface area (Å²) in [5.74, 6) is -1.74. The summed E-state index contributed by atoms with van der Waals surface area (Å²) in [6.07, 6.45) is 10.4. The zero-order chi connectivity index (χ0) is 25.7. The first-order valence-corrected chi connectivity index (χ1v) is 13.2. The van der Waals surface area contributed by atoms with Gasteiger partial charge in [-0.25, -0.2) is 0 Å². The molecule has 5 amide bonds. The molecule has 0 spiro atoms. The van der Waals surface area contributed by atoms with E-state index < -0.39 is 29.7 Å². The fourth-order valence-electron chi connectivity index (χ4n) is 5.49. The summed E-state index contributed by atoms with van der Waals surface area (Å²) in [5.41, 5.74) is 1.15. The molecule has 2 fully saturated rings. The normalized spacial score (nSPS) is 20.0. The molecule has 1 saturated carbocycles. The number of imide groups is 2. The van der Waals surface area contributed by atoms with Gasteiger partial charge in [0.1, 0.15) is 6.04 Å². The van der Waals surface area contributed by atoms with Gasteiger partial charge in [0.2, 0.25) is 17.7 Å². The molecule has 2 N–H and O–H groups in total. The molecule has 0 bridgehead atoms. The van der Waals surface area contributed by atoms with Gasteiger partial charge >= 0.3 is 0 Å². The van der Waals surface area contributed by atoms with Crippen molar-refractivity contribution < 1.29 is 24.0 Å². The molecule has 3 aliphatic rings. The minimum atomic E-state index is -0.965. The van der Waals surface area contributed by atoms with Gasteiger partial charge in [0.05, 0.1) is 11.1 Å². The first-order valence-electron chi connectivity index (χ1n) is 13.2. The summed E-state index contributed by atoms with van der Waals surface area (Å²) in [6.45, 7) is 0.652. The van der Waals surface area contributed by atoms with Gasteiger partial charge in [0, 0.05) is 38.2 Å². The maximum absolute atomic E-state index is 13.1. The van der Waals surface area contributed by atoms with Crippen LogP contribution in [0.25, 0.3) is 0 Å². The van der Waals surface area contributed by atoms with Crippen LogP contribution in [0.3, 0.4) is 0 Å². The molecule has 1 saturated heterocycles. The lowest BCUT2D eigenvalue weighted by atomic mass is 10.0. The van der Waals surface area contributed by atoms with Crippen LogP contribution in [0.15, 0.2) is 18.2 Å². The van der Waals surface area contributed by atoms with Gasteiger partial charge in [-0.3, -0.25) is 34.2 Å². The Kier molecular flexibility index (Phi) is 8.38. The number of nitrogens with one attached hydrogen (secondary N) is 2. The second-order valence-corrected chi connectivity index (χ2v) is 10.1. The zero-order valence-corrected chi connectivity index (χ0v) is 21.0. The molecule has 36 heavy (non-hydrogen) atoms. The third-order valence-corrected chi connectivity index (χ3v) is 7.62. The highest BCUT2D eigenvalue weighted by Crippen LogP contribution is 2.32. The highest BCUT2D eigenvalue weighted by Gasteiger charge is 2.45. The largest absolute Gasteiger partial charge is 0.384 e. The number of carbonyl (C=O) groups is 5. The molecule has 1 aliphatic carbocycles. The van der Waals surface area contributed by atoms with Crippen molar-refractivity contribution in [1.82, 2.24) is 15.1 Å². The second-order valence-electron chi connectivity index (χ2n) is 10.1. The number of anilines is 1. The summed E-state index contributed by atoms with van der Waals surface area (Å²) in [7, 11) is 1.94. The van der Waals surface area contributed by atoms with Gasteiger partial charge < -0.3 is 10.2 Å². The minimum Gasteiger partial charge on any atom is -0.384 e. The summed E-state index contributed by atoms with van der Waals surface area (Å²) < 4.78 is 0. The Hall–Kier alpha value is -3.23. The van der Waals surface area contributed by atoms with Crippen molar-refractivity contribution in [2.45, 2.75) is 89.1 Å². The van der Waals surface area contributed by atoms with E-state index in [-0.39, 0.29) is 29.9 Å². The van der Waals surface area contributed by atoms with Crippen LogP contribution in [-0.2, 0) is 14.4 Å². The second kappa shape index (κ2) is 11.7. The topological polar surface area (TPSA) is 116 Å². The van der Waals surface area contributed by atoms with Crippen LogP contribution < -0.4 is 10.6 Å². The number of amides is 5. The predicted octanol–water partition coefficient (Wildman–Crippen LogP) is 3.24. The van der Waals surface area contributed by atoms with Crippen LogP contribution in [0.4, 0.5) is 5.69 Å². The van der Waals surface area contributed by atoms with Gasteiger partial charge in [-0.05, 0) is 44.2 Å². The summed E-state index contributed by atoms with van der Waals surface area (Å²) in [4.78, 5) is 65.0.